The molecule has 2 N–H and O–H groups in total. The third kappa shape index (κ3) is 3.60. The summed E-state index contributed by atoms with van der Waals surface area (Å²) in [6.45, 7) is 0.907. The summed E-state index contributed by atoms with van der Waals surface area (Å²) in [6.07, 6.45) is 3.90. The predicted octanol–water partition coefficient (Wildman–Crippen LogP) is 2.79. The van der Waals surface area contributed by atoms with E-state index in [1.807, 2.05) is 35.2 Å². The molecule has 158 valence electrons. The fourth-order valence-electron chi connectivity index (χ4n) is 4.84. The Labute approximate surface area is 179 Å². The van der Waals surface area contributed by atoms with E-state index in [4.69, 9.17) is 0 Å². The Morgan fingerprint density at radius 2 is 2.00 bits per heavy atom. The van der Waals surface area contributed by atoms with Crippen LogP contribution in [-0.2, 0) is 16.0 Å². The highest BCUT2D eigenvalue weighted by atomic mass is 16.2. The van der Waals surface area contributed by atoms with E-state index >= 15 is 0 Å². The molecule has 1 aliphatic heterocycles. The number of nitrogens with one attached hydrogen (secondary N) is 2. The van der Waals surface area contributed by atoms with Crippen molar-refractivity contribution in [3.8, 4) is 0 Å². The van der Waals surface area contributed by atoms with Gasteiger partial charge in [0.1, 0.15) is 5.78 Å². The second kappa shape index (κ2) is 7.98. The Morgan fingerprint density at radius 1 is 1.13 bits per heavy atom. The SMILES string of the molecule is O=C1CCC(C(=O)N2CCc3ccccc3C2CNC(=O)c2cccc3cn[nH]c23)C1. The standard InChI is InChI=1S/C24H24N4O3/c29-18-9-8-16(12-18)24(31)28-11-10-15-4-1-2-6-19(15)21(28)14-25-23(30)20-7-3-5-17-13-26-27-22(17)20/h1-7,13,16,21H,8-12,14H2,(H,25,30)(H,26,27). The number of nitrogens with zero attached hydrogens (tertiary/aromatic N) is 2. The first kappa shape index (κ1) is 19.5. The molecule has 1 aromatic heterocycles. The number of Topliss-reactive ketones (excluding diaryl/α,β-unsaturated/α-hetero) is 1. The van der Waals surface area contributed by atoms with Gasteiger partial charge in [0, 0.05) is 37.2 Å². The monoisotopic (exact) mass is 416 g/mol. The van der Waals surface area contributed by atoms with Crippen LogP contribution in [0.15, 0.2) is 48.7 Å². The molecule has 0 saturated heterocycles. The number of carbonyl (C=O) groups is 3. The maximum absolute atomic E-state index is 13.3. The smallest absolute Gasteiger partial charge is 0.253 e. The van der Waals surface area contributed by atoms with E-state index in [0.29, 0.717) is 43.4 Å². The number of carbonyl (C=O) groups excluding carboxylic acids is 3. The van der Waals surface area contributed by atoms with Crippen LogP contribution in [-0.4, -0.2) is 45.8 Å². The third-order valence-electron chi connectivity index (χ3n) is 6.47. The molecule has 31 heavy (non-hydrogen) atoms. The van der Waals surface area contributed by atoms with Gasteiger partial charge in [-0.3, -0.25) is 19.5 Å². The van der Waals surface area contributed by atoms with Crippen LogP contribution in [0.2, 0.25) is 0 Å². The molecule has 2 aromatic carbocycles. The molecule has 3 aromatic rings. The summed E-state index contributed by atoms with van der Waals surface area (Å²) in [5, 5.41) is 10.8. The lowest BCUT2D eigenvalue weighted by molar-refractivity contribution is -0.139. The van der Waals surface area contributed by atoms with E-state index in [-0.39, 0.29) is 29.6 Å². The quantitative estimate of drug-likeness (QED) is 0.684. The lowest BCUT2D eigenvalue weighted by Crippen LogP contribution is -2.47. The molecule has 1 saturated carbocycles. The minimum absolute atomic E-state index is 0.0234. The molecular formula is C24H24N4O3. The Morgan fingerprint density at radius 3 is 2.84 bits per heavy atom. The maximum atomic E-state index is 13.3. The van der Waals surface area contributed by atoms with Crippen LogP contribution in [0.4, 0.5) is 0 Å². The van der Waals surface area contributed by atoms with Gasteiger partial charge >= 0.3 is 0 Å². The largest absolute Gasteiger partial charge is 0.350 e. The number of benzene rings is 2. The molecule has 0 radical (unpaired) electrons. The van der Waals surface area contributed by atoms with E-state index in [0.717, 1.165) is 17.4 Å². The molecule has 7 nitrogen and oxygen atoms in total. The summed E-state index contributed by atoms with van der Waals surface area (Å²) in [4.78, 5) is 39.9. The zero-order chi connectivity index (χ0) is 21.4. The zero-order valence-corrected chi connectivity index (χ0v) is 17.1. The van der Waals surface area contributed by atoms with Gasteiger partial charge in [0.2, 0.25) is 5.91 Å². The fourth-order valence-corrected chi connectivity index (χ4v) is 4.84. The van der Waals surface area contributed by atoms with Gasteiger partial charge in [0.25, 0.3) is 5.91 Å². The molecule has 2 aliphatic rings. The summed E-state index contributed by atoms with van der Waals surface area (Å²) < 4.78 is 0. The van der Waals surface area contributed by atoms with Crippen LogP contribution in [0.5, 0.6) is 0 Å². The van der Waals surface area contributed by atoms with Crippen molar-refractivity contribution in [3.63, 3.8) is 0 Å². The molecular weight excluding hydrogens is 392 g/mol. The second-order valence-electron chi connectivity index (χ2n) is 8.32. The number of hydrogen-bond donors (Lipinski definition) is 2. The maximum Gasteiger partial charge on any atom is 0.253 e. The molecule has 0 spiro atoms. The number of hydrogen-bond acceptors (Lipinski definition) is 4. The van der Waals surface area contributed by atoms with Crippen molar-refractivity contribution in [2.45, 2.75) is 31.7 Å². The van der Waals surface area contributed by atoms with E-state index in [1.54, 1.807) is 12.3 Å². The number of para-hydroxylation sites is 1. The highest BCUT2D eigenvalue weighted by Crippen LogP contribution is 2.33. The van der Waals surface area contributed by atoms with Crippen molar-refractivity contribution in [2.24, 2.45) is 5.92 Å². The third-order valence-corrected chi connectivity index (χ3v) is 6.47. The van der Waals surface area contributed by atoms with E-state index in [2.05, 4.69) is 21.6 Å². The topological polar surface area (TPSA) is 95.2 Å². The van der Waals surface area contributed by atoms with Gasteiger partial charge in [0.05, 0.1) is 23.3 Å². The summed E-state index contributed by atoms with van der Waals surface area (Å²) in [5.74, 6) is -0.264. The van der Waals surface area contributed by atoms with Gasteiger partial charge in [-0.15, -0.1) is 0 Å². The van der Waals surface area contributed by atoms with Crippen LogP contribution in [0, 0.1) is 5.92 Å². The first-order valence-corrected chi connectivity index (χ1v) is 10.7. The molecule has 1 aliphatic carbocycles. The molecule has 7 heteroatoms. The number of ketones is 1. The van der Waals surface area contributed by atoms with Crippen molar-refractivity contribution >= 4 is 28.5 Å². The highest BCUT2D eigenvalue weighted by Gasteiger charge is 2.37. The van der Waals surface area contributed by atoms with Gasteiger partial charge in [-0.25, -0.2) is 0 Å². The normalized spacial score (nSPS) is 20.6. The fraction of sp³-hybridized carbons (Fsp3) is 0.333. The first-order valence-electron chi connectivity index (χ1n) is 10.7. The van der Waals surface area contributed by atoms with Crippen molar-refractivity contribution in [3.05, 3.63) is 65.4 Å². The Balaban J connectivity index is 1.39. The number of aromatic amines is 1. The summed E-state index contributed by atoms with van der Waals surface area (Å²) in [6, 6.07) is 13.3. The number of amides is 2. The molecule has 5 rings (SSSR count). The van der Waals surface area contributed by atoms with Crippen LogP contribution >= 0.6 is 0 Å². The number of H-pyrrole nitrogens is 1. The average molecular weight is 416 g/mol. The van der Waals surface area contributed by atoms with Gasteiger partial charge in [0.15, 0.2) is 0 Å². The summed E-state index contributed by atoms with van der Waals surface area (Å²) in [7, 11) is 0. The summed E-state index contributed by atoms with van der Waals surface area (Å²) in [5.41, 5.74) is 3.48. The number of aromatic nitrogens is 2. The Bertz CT molecular complexity index is 1170. The molecule has 2 atom stereocenters. The Hall–Kier alpha value is -3.48. The first-order chi connectivity index (χ1) is 15.1. The van der Waals surface area contributed by atoms with Crippen LogP contribution < -0.4 is 5.32 Å². The predicted molar refractivity (Wildman–Crippen MR) is 115 cm³/mol. The van der Waals surface area contributed by atoms with Crippen LogP contribution in [0.3, 0.4) is 0 Å². The summed E-state index contributed by atoms with van der Waals surface area (Å²) >= 11 is 0. The van der Waals surface area contributed by atoms with Crippen LogP contribution in [0.1, 0.15) is 46.8 Å². The molecule has 2 heterocycles. The van der Waals surface area contributed by atoms with E-state index in [1.165, 1.54) is 5.56 Å². The minimum Gasteiger partial charge on any atom is -0.350 e. The van der Waals surface area contributed by atoms with Gasteiger partial charge in [-0.1, -0.05) is 36.4 Å². The van der Waals surface area contributed by atoms with Gasteiger partial charge in [-0.2, -0.15) is 5.10 Å². The Kier molecular flexibility index (Phi) is 5.02. The minimum atomic E-state index is -0.252. The number of fused-ring (bicyclic) bond motifs is 2. The molecule has 0 bridgehead atoms. The van der Waals surface area contributed by atoms with Crippen molar-refractivity contribution < 1.29 is 14.4 Å². The molecule has 1 fully saturated rings. The zero-order valence-electron chi connectivity index (χ0n) is 17.1. The van der Waals surface area contributed by atoms with Gasteiger partial charge in [-0.05, 0) is 30.0 Å². The molecule has 2 amide bonds. The van der Waals surface area contributed by atoms with E-state index in [9.17, 15) is 14.4 Å². The van der Waals surface area contributed by atoms with Crippen LogP contribution in [0.25, 0.3) is 10.9 Å². The lowest BCUT2D eigenvalue weighted by atomic mass is 9.91. The number of rotatable bonds is 4. The van der Waals surface area contributed by atoms with Gasteiger partial charge < -0.3 is 10.2 Å². The van der Waals surface area contributed by atoms with Crippen molar-refractivity contribution in [2.75, 3.05) is 13.1 Å². The van der Waals surface area contributed by atoms with E-state index < -0.39 is 0 Å². The van der Waals surface area contributed by atoms with Crippen molar-refractivity contribution in [1.82, 2.24) is 20.4 Å². The average Bonchev–Trinajstić information content (AvgIpc) is 3.45. The molecule has 2 unspecified atom stereocenters. The second-order valence-corrected chi connectivity index (χ2v) is 8.32. The lowest BCUT2D eigenvalue weighted by Gasteiger charge is -2.38. The van der Waals surface area contributed by atoms with Crippen molar-refractivity contribution in [1.29, 1.82) is 0 Å². The highest BCUT2D eigenvalue weighted by molar-refractivity contribution is 6.05.